The van der Waals surface area contributed by atoms with Gasteiger partial charge in [0, 0.05) is 45.0 Å². The van der Waals surface area contributed by atoms with Crippen LogP contribution in [0.4, 0.5) is 4.39 Å². The Kier molecular flexibility index (Phi) is 6.35. The first-order chi connectivity index (χ1) is 15.5. The molecule has 2 aromatic carbocycles. The van der Waals surface area contributed by atoms with Crippen LogP contribution in [0.1, 0.15) is 23.0 Å². The highest BCUT2D eigenvalue weighted by Crippen LogP contribution is 2.24. The summed E-state index contributed by atoms with van der Waals surface area (Å²) in [4.78, 5) is 29.7. The number of hydrogen-bond donors (Lipinski definition) is 0. The Bertz CT molecular complexity index is 1110. The fraction of sp³-hybridized carbons (Fsp3) is 0.320. The van der Waals surface area contributed by atoms with Crippen LogP contribution in [-0.4, -0.2) is 57.6 Å². The summed E-state index contributed by atoms with van der Waals surface area (Å²) in [6.07, 6.45) is 2.25. The molecule has 1 atom stereocenters. The van der Waals surface area contributed by atoms with E-state index in [1.165, 1.54) is 6.07 Å². The third kappa shape index (κ3) is 4.56. The monoisotopic (exact) mass is 434 g/mol. The molecule has 1 saturated heterocycles. The quantitative estimate of drug-likeness (QED) is 0.619. The molecule has 2 heterocycles. The van der Waals surface area contributed by atoms with Crippen molar-refractivity contribution in [1.82, 2.24) is 19.6 Å². The van der Waals surface area contributed by atoms with Gasteiger partial charge in [0.15, 0.2) is 0 Å². The van der Waals surface area contributed by atoms with Crippen LogP contribution in [0.5, 0.6) is 0 Å². The summed E-state index contributed by atoms with van der Waals surface area (Å²) in [6, 6.07) is 16.0. The minimum atomic E-state index is -0.343. The number of nitrogens with zero attached hydrogens (tertiary/aromatic N) is 4. The predicted molar refractivity (Wildman–Crippen MR) is 120 cm³/mol. The number of halogens is 1. The van der Waals surface area contributed by atoms with Crippen molar-refractivity contribution in [2.24, 2.45) is 13.0 Å². The van der Waals surface area contributed by atoms with E-state index in [0.717, 1.165) is 11.1 Å². The van der Waals surface area contributed by atoms with Crippen LogP contribution in [-0.2, 0) is 18.3 Å². The number of carbonyl (C=O) groups is 2. The highest BCUT2D eigenvalue weighted by Gasteiger charge is 2.32. The maximum absolute atomic E-state index is 14.1. The smallest absolute Gasteiger partial charge is 0.274 e. The van der Waals surface area contributed by atoms with Crippen molar-refractivity contribution >= 4 is 11.8 Å². The maximum atomic E-state index is 14.1. The van der Waals surface area contributed by atoms with E-state index in [9.17, 15) is 14.0 Å². The Labute approximate surface area is 187 Å². The number of aryl methyl sites for hydroxylation is 1. The van der Waals surface area contributed by atoms with E-state index in [1.54, 1.807) is 41.0 Å². The third-order valence-corrected chi connectivity index (χ3v) is 5.96. The van der Waals surface area contributed by atoms with Gasteiger partial charge in [-0.3, -0.25) is 14.3 Å². The first-order valence-corrected chi connectivity index (χ1v) is 10.9. The highest BCUT2D eigenvalue weighted by molar-refractivity contribution is 5.93. The molecule has 0 bridgehead atoms. The van der Waals surface area contributed by atoms with Crippen molar-refractivity contribution in [2.75, 3.05) is 26.2 Å². The molecule has 3 aromatic rings. The molecule has 0 radical (unpaired) electrons. The normalized spacial score (nSPS) is 16.8. The summed E-state index contributed by atoms with van der Waals surface area (Å²) in [7, 11) is 1.77. The molecule has 1 aliphatic rings. The fourth-order valence-electron chi connectivity index (χ4n) is 4.19. The summed E-state index contributed by atoms with van der Waals surface area (Å²) in [5.74, 6) is -0.705. The zero-order valence-electron chi connectivity index (χ0n) is 18.4. The van der Waals surface area contributed by atoms with Crippen LogP contribution in [0.3, 0.4) is 0 Å². The van der Waals surface area contributed by atoms with Gasteiger partial charge in [-0.15, -0.1) is 0 Å². The standard InChI is InChI=1S/C25H27FN4O2/c1-3-29-14-15-30(25(32)23-12-13-28(2)27-23)17-20(24(29)31)16-18-8-10-19(11-9-18)21-6-4-5-7-22(21)26/h4-13,20H,3,14-17H2,1-2H3/t20-/m1/s1. The molecule has 0 aliphatic carbocycles. The van der Waals surface area contributed by atoms with Crippen molar-refractivity contribution in [3.63, 3.8) is 0 Å². The first-order valence-electron chi connectivity index (χ1n) is 10.9. The van der Waals surface area contributed by atoms with Crippen molar-refractivity contribution < 1.29 is 14.0 Å². The van der Waals surface area contributed by atoms with Crippen LogP contribution in [0.2, 0.25) is 0 Å². The molecular weight excluding hydrogens is 407 g/mol. The highest BCUT2D eigenvalue weighted by atomic mass is 19.1. The van der Waals surface area contributed by atoms with Crippen molar-refractivity contribution in [1.29, 1.82) is 0 Å². The van der Waals surface area contributed by atoms with Crippen LogP contribution >= 0.6 is 0 Å². The minimum Gasteiger partial charge on any atom is -0.341 e. The van der Waals surface area contributed by atoms with Gasteiger partial charge in [-0.1, -0.05) is 42.5 Å². The first kappa shape index (κ1) is 21.7. The largest absolute Gasteiger partial charge is 0.341 e. The lowest BCUT2D eigenvalue weighted by Crippen LogP contribution is -2.38. The molecule has 0 spiro atoms. The van der Waals surface area contributed by atoms with Crippen LogP contribution in [0.15, 0.2) is 60.8 Å². The second kappa shape index (κ2) is 9.34. The topological polar surface area (TPSA) is 58.4 Å². The number of carbonyl (C=O) groups excluding carboxylic acids is 2. The summed E-state index contributed by atoms with van der Waals surface area (Å²) in [5.41, 5.74) is 2.71. The third-order valence-electron chi connectivity index (χ3n) is 5.96. The molecular formula is C25H27FN4O2. The molecule has 1 aliphatic heterocycles. The second-order valence-electron chi connectivity index (χ2n) is 8.12. The number of likely N-dealkylation sites (N-methyl/N-ethyl adjacent to an activating group) is 1. The average molecular weight is 435 g/mol. The summed E-state index contributed by atoms with van der Waals surface area (Å²) in [6.45, 7) is 3.90. The van der Waals surface area contributed by atoms with Gasteiger partial charge >= 0.3 is 0 Å². The van der Waals surface area contributed by atoms with Gasteiger partial charge in [0.2, 0.25) is 5.91 Å². The van der Waals surface area contributed by atoms with E-state index >= 15 is 0 Å². The molecule has 0 N–H and O–H groups in total. The van der Waals surface area contributed by atoms with Gasteiger partial charge in [-0.25, -0.2) is 4.39 Å². The van der Waals surface area contributed by atoms with Gasteiger partial charge in [0.05, 0.1) is 5.92 Å². The molecule has 2 amide bonds. The lowest BCUT2D eigenvalue weighted by Gasteiger charge is -2.23. The molecule has 6 nitrogen and oxygen atoms in total. The molecule has 7 heteroatoms. The average Bonchev–Trinajstić information content (AvgIpc) is 3.17. The van der Waals surface area contributed by atoms with E-state index in [1.807, 2.05) is 42.2 Å². The van der Waals surface area contributed by atoms with E-state index in [2.05, 4.69) is 5.10 Å². The second-order valence-corrected chi connectivity index (χ2v) is 8.12. The van der Waals surface area contributed by atoms with Crippen LogP contribution in [0, 0.1) is 11.7 Å². The number of aromatic nitrogens is 2. The number of amides is 2. The zero-order chi connectivity index (χ0) is 22.7. The Morgan fingerprint density at radius 3 is 2.50 bits per heavy atom. The van der Waals surface area contributed by atoms with Gasteiger partial charge in [0.25, 0.3) is 5.91 Å². The minimum absolute atomic E-state index is 0.0574. The predicted octanol–water partition coefficient (Wildman–Crippen LogP) is 3.39. The SMILES string of the molecule is CCN1CCN(C(=O)c2ccn(C)n2)C[C@@H](Cc2ccc(-c3ccccc3F)cc2)C1=O. The number of hydrogen-bond acceptors (Lipinski definition) is 3. The summed E-state index contributed by atoms with van der Waals surface area (Å²) >= 11 is 0. The molecule has 1 fully saturated rings. The summed E-state index contributed by atoms with van der Waals surface area (Å²) < 4.78 is 15.7. The van der Waals surface area contributed by atoms with E-state index < -0.39 is 0 Å². The summed E-state index contributed by atoms with van der Waals surface area (Å²) in [5, 5.41) is 4.23. The van der Waals surface area contributed by atoms with Gasteiger partial charge in [-0.2, -0.15) is 5.10 Å². The van der Waals surface area contributed by atoms with Crippen LogP contribution < -0.4 is 0 Å². The van der Waals surface area contributed by atoms with Crippen molar-refractivity contribution in [3.05, 3.63) is 77.9 Å². The van der Waals surface area contributed by atoms with Crippen LogP contribution in [0.25, 0.3) is 11.1 Å². The molecule has 166 valence electrons. The van der Waals surface area contributed by atoms with E-state index in [4.69, 9.17) is 0 Å². The Hall–Kier alpha value is -3.48. The Morgan fingerprint density at radius 2 is 1.84 bits per heavy atom. The zero-order valence-corrected chi connectivity index (χ0v) is 18.4. The fourth-order valence-corrected chi connectivity index (χ4v) is 4.19. The molecule has 4 rings (SSSR count). The van der Waals surface area contributed by atoms with Crippen molar-refractivity contribution in [2.45, 2.75) is 13.3 Å². The van der Waals surface area contributed by atoms with Crippen molar-refractivity contribution in [3.8, 4) is 11.1 Å². The molecule has 0 unspecified atom stereocenters. The number of benzene rings is 2. The Balaban J connectivity index is 1.54. The maximum Gasteiger partial charge on any atom is 0.274 e. The molecule has 1 aromatic heterocycles. The molecule has 32 heavy (non-hydrogen) atoms. The lowest BCUT2D eigenvalue weighted by atomic mass is 9.95. The van der Waals surface area contributed by atoms with Gasteiger partial charge < -0.3 is 9.80 Å². The Morgan fingerprint density at radius 1 is 1.09 bits per heavy atom. The molecule has 0 saturated carbocycles. The van der Waals surface area contributed by atoms with E-state index in [0.29, 0.717) is 43.9 Å². The van der Waals surface area contributed by atoms with Gasteiger partial charge in [0.1, 0.15) is 11.5 Å². The lowest BCUT2D eigenvalue weighted by molar-refractivity contribution is -0.134. The number of rotatable bonds is 5. The van der Waals surface area contributed by atoms with Gasteiger partial charge in [-0.05, 0) is 36.6 Å². The van der Waals surface area contributed by atoms with E-state index in [-0.39, 0.29) is 23.5 Å².